The number of carbonyl (C=O) groups is 2. The molecule has 138 valence electrons. The first-order chi connectivity index (χ1) is 12.5. The van der Waals surface area contributed by atoms with Gasteiger partial charge in [0.2, 0.25) is 5.91 Å². The van der Waals surface area contributed by atoms with Crippen molar-refractivity contribution in [2.45, 2.75) is 25.3 Å². The Morgan fingerprint density at radius 3 is 2.62 bits per heavy atom. The molecule has 6 nitrogen and oxygen atoms in total. The van der Waals surface area contributed by atoms with Crippen LogP contribution in [0.3, 0.4) is 0 Å². The summed E-state index contributed by atoms with van der Waals surface area (Å²) < 4.78 is 10.7. The number of hydrogen-bond donors (Lipinski definition) is 1. The number of fused-ring (bicyclic) bond motifs is 1. The number of carboxylic acid groups (broad SMARTS) is 1. The van der Waals surface area contributed by atoms with Crippen LogP contribution in [-0.2, 0) is 22.4 Å². The number of rotatable bonds is 6. The van der Waals surface area contributed by atoms with Crippen molar-refractivity contribution in [3.05, 3.63) is 45.6 Å². The summed E-state index contributed by atoms with van der Waals surface area (Å²) in [6.07, 6.45) is 0.793. The Morgan fingerprint density at radius 2 is 2.00 bits per heavy atom. The van der Waals surface area contributed by atoms with Crippen molar-refractivity contribution in [2.75, 3.05) is 20.8 Å². The average Bonchev–Trinajstić information content (AvgIpc) is 3.13. The molecule has 2 aromatic rings. The van der Waals surface area contributed by atoms with E-state index in [0.717, 1.165) is 16.7 Å². The fourth-order valence-electron chi connectivity index (χ4n) is 3.38. The highest BCUT2D eigenvalue weighted by Crippen LogP contribution is 2.39. The van der Waals surface area contributed by atoms with Gasteiger partial charge in [0.1, 0.15) is 0 Å². The summed E-state index contributed by atoms with van der Waals surface area (Å²) in [5.74, 6) is 0.146. The van der Waals surface area contributed by atoms with Gasteiger partial charge in [-0.25, -0.2) is 0 Å². The summed E-state index contributed by atoms with van der Waals surface area (Å²) in [5, 5.41) is 13.3. The Labute approximate surface area is 156 Å². The largest absolute Gasteiger partial charge is 0.493 e. The minimum atomic E-state index is -0.939. The van der Waals surface area contributed by atoms with Gasteiger partial charge < -0.3 is 19.5 Å². The lowest BCUT2D eigenvalue weighted by Crippen LogP contribution is -2.41. The second-order valence-electron chi connectivity index (χ2n) is 6.17. The molecule has 26 heavy (non-hydrogen) atoms. The number of aliphatic carboxylic acids is 1. The van der Waals surface area contributed by atoms with E-state index in [2.05, 4.69) is 0 Å². The molecule has 0 saturated carbocycles. The summed E-state index contributed by atoms with van der Waals surface area (Å²) in [7, 11) is 3.11. The standard InChI is InChI=1S/C19H21NO5S/c1-24-16-8-13-3-5-20(18(21)7-12-4-6-26-11-12)15(10-19(22)23)14(13)9-17(16)25-2/h4,6,8-9,11,15H,3,5,7,10H2,1-2H3,(H,22,23). The van der Waals surface area contributed by atoms with Crippen LogP contribution < -0.4 is 9.47 Å². The van der Waals surface area contributed by atoms with E-state index in [0.29, 0.717) is 24.5 Å². The van der Waals surface area contributed by atoms with E-state index in [1.165, 1.54) is 0 Å². The third-order valence-corrected chi connectivity index (χ3v) is 5.36. The van der Waals surface area contributed by atoms with E-state index < -0.39 is 12.0 Å². The maximum Gasteiger partial charge on any atom is 0.305 e. The second kappa shape index (κ2) is 7.78. The van der Waals surface area contributed by atoms with Gasteiger partial charge in [0.15, 0.2) is 11.5 Å². The monoisotopic (exact) mass is 375 g/mol. The predicted octanol–water partition coefficient (Wildman–Crippen LogP) is 2.91. The lowest BCUT2D eigenvalue weighted by atomic mass is 9.89. The number of benzene rings is 1. The third-order valence-electron chi connectivity index (χ3n) is 4.63. The van der Waals surface area contributed by atoms with Crippen molar-refractivity contribution in [3.63, 3.8) is 0 Å². The zero-order chi connectivity index (χ0) is 18.7. The molecule has 1 aromatic heterocycles. The molecule has 1 aliphatic rings. The SMILES string of the molecule is COc1cc2c(cc1OC)C(CC(=O)O)N(C(=O)Cc1ccsc1)CC2. The van der Waals surface area contributed by atoms with Crippen LogP contribution in [0.15, 0.2) is 29.0 Å². The van der Waals surface area contributed by atoms with Crippen molar-refractivity contribution >= 4 is 23.2 Å². The number of nitrogens with zero attached hydrogens (tertiary/aromatic N) is 1. The van der Waals surface area contributed by atoms with E-state index in [-0.39, 0.29) is 18.7 Å². The van der Waals surface area contributed by atoms with Crippen LogP contribution in [0.5, 0.6) is 11.5 Å². The molecule has 1 unspecified atom stereocenters. The molecular weight excluding hydrogens is 354 g/mol. The molecule has 0 aliphatic carbocycles. The highest BCUT2D eigenvalue weighted by molar-refractivity contribution is 7.08. The summed E-state index contributed by atoms with van der Waals surface area (Å²) in [4.78, 5) is 26.0. The van der Waals surface area contributed by atoms with Crippen LogP contribution >= 0.6 is 11.3 Å². The van der Waals surface area contributed by atoms with Crippen LogP contribution in [0.4, 0.5) is 0 Å². The molecule has 1 aromatic carbocycles. The van der Waals surface area contributed by atoms with Crippen LogP contribution in [0.1, 0.15) is 29.2 Å². The van der Waals surface area contributed by atoms with Gasteiger partial charge in [-0.3, -0.25) is 9.59 Å². The number of carbonyl (C=O) groups excluding carboxylic acids is 1. The van der Waals surface area contributed by atoms with Crippen molar-refractivity contribution in [1.29, 1.82) is 0 Å². The fraction of sp³-hybridized carbons (Fsp3) is 0.368. The van der Waals surface area contributed by atoms with Crippen LogP contribution in [-0.4, -0.2) is 42.6 Å². The van der Waals surface area contributed by atoms with E-state index >= 15 is 0 Å². The maximum absolute atomic E-state index is 12.8. The molecule has 2 heterocycles. The number of carboxylic acids is 1. The molecular formula is C19H21NO5S. The smallest absolute Gasteiger partial charge is 0.305 e. The first kappa shape index (κ1) is 18.3. The normalized spacial score (nSPS) is 16.1. The molecule has 0 fully saturated rings. The summed E-state index contributed by atoms with van der Waals surface area (Å²) in [6.45, 7) is 0.489. The molecule has 1 aliphatic heterocycles. The summed E-state index contributed by atoms with van der Waals surface area (Å²) in [5.41, 5.74) is 2.76. The number of thiophene rings is 1. The minimum Gasteiger partial charge on any atom is -0.493 e. The Balaban J connectivity index is 1.95. The first-order valence-corrected chi connectivity index (χ1v) is 9.25. The highest BCUT2D eigenvalue weighted by atomic mass is 32.1. The quantitative estimate of drug-likeness (QED) is 0.840. The molecule has 3 rings (SSSR count). The molecule has 0 bridgehead atoms. The Kier molecular flexibility index (Phi) is 5.46. The van der Waals surface area contributed by atoms with Gasteiger partial charge in [-0.2, -0.15) is 11.3 Å². The molecule has 1 amide bonds. The molecule has 7 heteroatoms. The lowest BCUT2D eigenvalue weighted by Gasteiger charge is -2.37. The summed E-state index contributed by atoms with van der Waals surface area (Å²) in [6, 6.07) is 5.08. The van der Waals surface area contributed by atoms with Crippen LogP contribution in [0.25, 0.3) is 0 Å². The van der Waals surface area contributed by atoms with Gasteiger partial charge in [-0.05, 0) is 52.1 Å². The zero-order valence-electron chi connectivity index (χ0n) is 14.7. The second-order valence-corrected chi connectivity index (χ2v) is 6.95. The molecule has 1 N–H and O–H groups in total. The van der Waals surface area contributed by atoms with Crippen molar-refractivity contribution in [3.8, 4) is 11.5 Å². The Hall–Kier alpha value is -2.54. The van der Waals surface area contributed by atoms with Gasteiger partial charge in [0, 0.05) is 6.54 Å². The number of hydrogen-bond acceptors (Lipinski definition) is 5. The van der Waals surface area contributed by atoms with E-state index in [4.69, 9.17) is 9.47 Å². The fourth-order valence-corrected chi connectivity index (χ4v) is 4.05. The van der Waals surface area contributed by atoms with Crippen LogP contribution in [0.2, 0.25) is 0 Å². The topological polar surface area (TPSA) is 76.1 Å². The highest BCUT2D eigenvalue weighted by Gasteiger charge is 2.33. The molecule has 1 atom stereocenters. The summed E-state index contributed by atoms with van der Waals surface area (Å²) >= 11 is 1.54. The lowest BCUT2D eigenvalue weighted by molar-refractivity contribution is -0.141. The Morgan fingerprint density at radius 1 is 1.27 bits per heavy atom. The average molecular weight is 375 g/mol. The Bertz CT molecular complexity index is 803. The van der Waals surface area contributed by atoms with E-state index in [9.17, 15) is 14.7 Å². The zero-order valence-corrected chi connectivity index (χ0v) is 15.5. The van der Waals surface area contributed by atoms with E-state index in [1.807, 2.05) is 22.9 Å². The number of methoxy groups -OCH3 is 2. The molecule has 0 spiro atoms. The van der Waals surface area contributed by atoms with Gasteiger partial charge in [0.25, 0.3) is 0 Å². The van der Waals surface area contributed by atoms with Gasteiger partial charge in [-0.15, -0.1) is 0 Å². The first-order valence-electron chi connectivity index (χ1n) is 8.30. The predicted molar refractivity (Wildman–Crippen MR) is 98.0 cm³/mol. The molecule has 0 saturated heterocycles. The van der Waals surface area contributed by atoms with Crippen molar-refractivity contribution in [2.24, 2.45) is 0 Å². The van der Waals surface area contributed by atoms with Gasteiger partial charge in [-0.1, -0.05) is 0 Å². The van der Waals surface area contributed by atoms with Crippen molar-refractivity contribution < 1.29 is 24.2 Å². The van der Waals surface area contributed by atoms with Crippen molar-refractivity contribution in [1.82, 2.24) is 4.90 Å². The maximum atomic E-state index is 12.8. The van der Waals surface area contributed by atoms with Gasteiger partial charge >= 0.3 is 5.97 Å². The van der Waals surface area contributed by atoms with Gasteiger partial charge in [0.05, 0.1) is 33.1 Å². The van der Waals surface area contributed by atoms with Crippen LogP contribution in [0, 0.1) is 0 Å². The number of amides is 1. The molecule has 0 radical (unpaired) electrons. The number of ether oxygens (including phenoxy) is 2. The third kappa shape index (κ3) is 3.67. The minimum absolute atomic E-state index is 0.0601. The van der Waals surface area contributed by atoms with E-state index in [1.54, 1.807) is 36.5 Å².